The van der Waals surface area contributed by atoms with Gasteiger partial charge in [-0.2, -0.15) is 0 Å². The fourth-order valence-corrected chi connectivity index (χ4v) is 3.36. The first-order valence-corrected chi connectivity index (χ1v) is 9.10. The maximum absolute atomic E-state index is 12.9. The Balaban J connectivity index is 1.76. The lowest BCUT2D eigenvalue weighted by Gasteiger charge is -2.12. The summed E-state index contributed by atoms with van der Waals surface area (Å²) in [6.07, 6.45) is 1.61. The monoisotopic (exact) mass is 422 g/mol. The van der Waals surface area contributed by atoms with Gasteiger partial charge < -0.3 is 5.32 Å². The minimum Gasteiger partial charge on any atom is -0.324 e. The summed E-state index contributed by atoms with van der Waals surface area (Å²) >= 11 is 3.39. The van der Waals surface area contributed by atoms with Gasteiger partial charge in [-0.05, 0) is 42.5 Å². The lowest BCUT2D eigenvalue weighted by atomic mass is 10.3. The van der Waals surface area contributed by atoms with Crippen LogP contribution in [0.4, 0.5) is 5.69 Å². The van der Waals surface area contributed by atoms with Gasteiger partial charge in [-0.1, -0.05) is 40.2 Å². The molecule has 2 aromatic heterocycles. The number of rotatable bonds is 4. The number of fused-ring (bicyclic) bond motifs is 1. The van der Waals surface area contributed by atoms with E-state index < -0.39 is 0 Å². The summed E-state index contributed by atoms with van der Waals surface area (Å²) in [4.78, 5) is 29.9. The zero-order valence-corrected chi connectivity index (χ0v) is 15.8. The lowest BCUT2D eigenvalue weighted by molar-refractivity contribution is -0.116. The number of hydrogen-bond acceptors (Lipinski definition) is 3. The number of carbonyl (C=O) groups excluding carboxylic acids is 1. The van der Waals surface area contributed by atoms with Crippen LogP contribution in [-0.2, 0) is 11.3 Å². The van der Waals surface area contributed by atoms with Gasteiger partial charge in [-0.25, -0.2) is 9.67 Å². The molecule has 0 saturated carbocycles. The normalized spacial score (nSPS) is 10.9. The number of nitrogens with zero attached hydrogens (tertiary/aromatic N) is 3. The molecule has 0 aliphatic heterocycles. The molecular weight excluding hydrogens is 408 g/mol. The lowest BCUT2D eigenvalue weighted by Crippen LogP contribution is -2.27. The molecule has 134 valence electrons. The third-order valence-corrected chi connectivity index (χ3v) is 4.59. The van der Waals surface area contributed by atoms with E-state index in [0.717, 1.165) is 4.47 Å². The van der Waals surface area contributed by atoms with Crippen molar-refractivity contribution in [1.29, 1.82) is 0 Å². The molecule has 0 bridgehead atoms. The molecule has 0 unspecified atom stereocenters. The first kappa shape index (κ1) is 17.2. The van der Waals surface area contributed by atoms with E-state index in [2.05, 4.69) is 26.2 Å². The van der Waals surface area contributed by atoms with Crippen molar-refractivity contribution in [2.75, 3.05) is 5.32 Å². The van der Waals surface area contributed by atoms with Gasteiger partial charge in [0.05, 0.1) is 11.1 Å². The summed E-state index contributed by atoms with van der Waals surface area (Å²) in [5.74, 6) is -0.250. The fraction of sp³-hybridized carbons (Fsp3) is 0.0500. The average molecular weight is 423 g/mol. The zero-order valence-electron chi connectivity index (χ0n) is 14.2. The van der Waals surface area contributed by atoms with E-state index in [0.29, 0.717) is 22.4 Å². The number of anilines is 1. The first-order chi connectivity index (χ1) is 13.1. The summed E-state index contributed by atoms with van der Waals surface area (Å²) in [5.41, 5.74) is 1.61. The van der Waals surface area contributed by atoms with Gasteiger partial charge in [0.25, 0.3) is 5.56 Å². The molecule has 0 fully saturated rings. The molecule has 1 amide bonds. The second-order valence-corrected chi connectivity index (χ2v) is 6.86. The number of benzene rings is 2. The topological polar surface area (TPSA) is 68.9 Å². The SMILES string of the molecule is O=C(Cn1c2ncccc2c(=O)n1-c1ccccc1)Nc1cccc(Br)c1. The van der Waals surface area contributed by atoms with Crippen molar-refractivity contribution < 1.29 is 4.79 Å². The minimum absolute atomic E-state index is 0.0445. The molecule has 4 aromatic rings. The summed E-state index contributed by atoms with van der Waals surface area (Å²) in [6, 6.07) is 20.0. The Bertz CT molecular complexity index is 1180. The van der Waals surface area contributed by atoms with Crippen LogP contribution in [0.15, 0.2) is 82.2 Å². The summed E-state index contributed by atoms with van der Waals surface area (Å²) < 4.78 is 3.95. The zero-order chi connectivity index (χ0) is 18.8. The molecule has 0 aliphatic rings. The van der Waals surface area contributed by atoms with E-state index >= 15 is 0 Å². The fourth-order valence-electron chi connectivity index (χ4n) is 2.96. The standard InChI is InChI=1S/C20H15BrN4O2/c21-14-6-4-7-15(12-14)23-18(26)13-24-19-17(10-5-11-22-19)20(27)25(24)16-8-2-1-3-9-16/h1-12H,13H2,(H,23,26). The van der Waals surface area contributed by atoms with Crippen molar-refractivity contribution in [3.05, 3.63) is 87.8 Å². The van der Waals surface area contributed by atoms with Gasteiger partial charge in [-0.3, -0.25) is 14.3 Å². The Labute approximate surface area is 163 Å². The van der Waals surface area contributed by atoms with Crippen LogP contribution in [0.1, 0.15) is 0 Å². The molecule has 27 heavy (non-hydrogen) atoms. The third kappa shape index (κ3) is 3.41. The second kappa shape index (κ2) is 7.20. The molecule has 0 atom stereocenters. The highest BCUT2D eigenvalue weighted by atomic mass is 79.9. The van der Waals surface area contributed by atoms with Crippen molar-refractivity contribution in [3.8, 4) is 5.69 Å². The molecule has 0 radical (unpaired) electrons. The van der Waals surface area contributed by atoms with Crippen molar-refractivity contribution in [3.63, 3.8) is 0 Å². The summed E-state index contributed by atoms with van der Waals surface area (Å²) in [5, 5.41) is 3.32. The molecule has 0 spiro atoms. The van der Waals surface area contributed by atoms with Crippen LogP contribution in [0.2, 0.25) is 0 Å². The number of hydrogen-bond donors (Lipinski definition) is 1. The second-order valence-electron chi connectivity index (χ2n) is 5.94. The number of amides is 1. The van der Waals surface area contributed by atoms with Crippen LogP contribution in [0.3, 0.4) is 0 Å². The number of nitrogens with one attached hydrogen (secondary N) is 1. The smallest absolute Gasteiger partial charge is 0.280 e. The molecule has 6 nitrogen and oxygen atoms in total. The van der Waals surface area contributed by atoms with Gasteiger partial charge in [0, 0.05) is 16.4 Å². The largest absolute Gasteiger partial charge is 0.324 e. The van der Waals surface area contributed by atoms with Crippen LogP contribution in [-0.4, -0.2) is 20.3 Å². The van der Waals surface area contributed by atoms with Crippen molar-refractivity contribution in [2.45, 2.75) is 6.54 Å². The average Bonchev–Trinajstić information content (AvgIpc) is 2.95. The molecule has 2 heterocycles. The van der Waals surface area contributed by atoms with Crippen LogP contribution < -0.4 is 10.9 Å². The van der Waals surface area contributed by atoms with Gasteiger partial charge in [0.2, 0.25) is 5.91 Å². The minimum atomic E-state index is -0.250. The van der Waals surface area contributed by atoms with Gasteiger partial charge in [-0.15, -0.1) is 0 Å². The maximum atomic E-state index is 12.9. The van der Waals surface area contributed by atoms with Crippen LogP contribution in [0.5, 0.6) is 0 Å². The number of carbonyl (C=O) groups is 1. The molecule has 1 N–H and O–H groups in total. The van der Waals surface area contributed by atoms with Crippen LogP contribution >= 0.6 is 15.9 Å². The molecule has 2 aromatic carbocycles. The van der Waals surface area contributed by atoms with E-state index in [9.17, 15) is 9.59 Å². The number of pyridine rings is 1. The highest BCUT2D eigenvalue weighted by Crippen LogP contribution is 2.17. The Morgan fingerprint density at radius 1 is 1.04 bits per heavy atom. The number of halogens is 1. The molecular formula is C20H15BrN4O2. The van der Waals surface area contributed by atoms with Crippen molar-refractivity contribution in [2.24, 2.45) is 0 Å². The molecule has 0 aliphatic carbocycles. The van der Waals surface area contributed by atoms with E-state index in [-0.39, 0.29) is 18.0 Å². The van der Waals surface area contributed by atoms with Gasteiger partial charge >= 0.3 is 0 Å². The van der Waals surface area contributed by atoms with Gasteiger partial charge in [0.1, 0.15) is 6.54 Å². The molecule has 4 rings (SSSR count). The Kier molecular flexibility index (Phi) is 4.60. The number of aromatic nitrogens is 3. The highest BCUT2D eigenvalue weighted by molar-refractivity contribution is 9.10. The quantitative estimate of drug-likeness (QED) is 0.546. The first-order valence-electron chi connectivity index (χ1n) is 8.31. The van der Waals surface area contributed by atoms with Crippen molar-refractivity contribution in [1.82, 2.24) is 14.3 Å². The van der Waals surface area contributed by atoms with E-state index in [1.807, 2.05) is 48.5 Å². The Hall–Kier alpha value is -3.19. The number of para-hydroxylation sites is 1. The van der Waals surface area contributed by atoms with Gasteiger partial charge in [0.15, 0.2) is 5.65 Å². The maximum Gasteiger partial charge on any atom is 0.280 e. The van der Waals surface area contributed by atoms with Crippen LogP contribution in [0.25, 0.3) is 16.7 Å². The summed E-state index contributed by atoms with van der Waals surface area (Å²) in [6.45, 7) is -0.0445. The van der Waals surface area contributed by atoms with Crippen LogP contribution in [0, 0.1) is 0 Å². The predicted octanol–water partition coefficient (Wildman–Crippen LogP) is 3.59. The predicted molar refractivity (Wildman–Crippen MR) is 108 cm³/mol. The summed E-state index contributed by atoms with van der Waals surface area (Å²) in [7, 11) is 0. The Morgan fingerprint density at radius 3 is 2.63 bits per heavy atom. The van der Waals surface area contributed by atoms with Crippen molar-refractivity contribution >= 4 is 38.6 Å². The van der Waals surface area contributed by atoms with E-state index in [4.69, 9.17) is 0 Å². The third-order valence-electron chi connectivity index (χ3n) is 4.10. The molecule has 0 saturated heterocycles. The Morgan fingerprint density at radius 2 is 1.85 bits per heavy atom. The van der Waals surface area contributed by atoms with E-state index in [1.165, 1.54) is 4.68 Å². The molecule has 7 heteroatoms. The van der Waals surface area contributed by atoms with E-state index in [1.54, 1.807) is 29.1 Å². The highest BCUT2D eigenvalue weighted by Gasteiger charge is 2.17.